The number of guanidine groups is 2. The normalized spacial score (nSPS) is 12.8. The molecule has 9 heteroatoms. The van der Waals surface area contributed by atoms with E-state index in [0.29, 0.717) is 33.8 Å². The molecule has 0 aromatic heterocycles. The largest absolute Gasteiger partial charge is 0.454 e. The minimum Gasteiger partial charge on any atom is -0.454 e. The molecule has 0 fully saturated rings. The number of nitrogens with one attached hydrogen (secondary N) is 1. The fourth-order valence-corrected chi connectivity index (χ4v) is 2.71. The van der Waals surface area contributed by atoms with E-state index in [1.807, 2.05) is 18.2 Å². The van der Waals surface area contributed by atoms with Crippen molar-refractivity contribution < 1.29 is 9.47 Å². The van der Waals surface area contributed by atoms with Gasteiger partial charge in [-0.25, -0.2) is 4.99 Å². The van der Waals surface area contributed by atoms with Gasteiger partial charge in [-0.3, -0.25) is 0 Å². The highest BCUT2D eigenvalue weighted by molar-refractivity contribution is 6.35. The number of aliphatic imine (C=N–C) groups is 2. The number of rotatable bonds is 3. The van der Waals surface area contributed by atoms with Gasteiger partial charge in [-0.05, 0) is 35.9 Å². The van der Waals surface area contributed by atoms with Gasteiger partial charge < -0.3 is 26.3 Å². The molecule has 2 aromatic rings. The molecule has 7 nitrogen and oxygen atoms in total. The van der Waals surface area contributed by atoms with Crippen LogP contribution in [0.15, 0.2) is 46.4 Å². The summed E-state index contributed by atoms with van der Waals surface area (Å²) in [4.78, 5) is 8.38. The molecule has 25 heavy (non-hydrogen) atoms. The van der Waals surface area contributed by atoms with Gasteiger partial charge in [-0.15, -0.1) is 0 Å². The van der Waals surface area contributed by atoms with Crippen molar-refractivity contribution in [2.75, 3.05) is 12.1 Å². The van der Waals surface area contributed by atoms with E-state index in [2.05, 4.69) is 15.3 Å². The summed E-state index contributed by atoms with van der Waals surface area (Å²) >= 11 is 12.0. The Morgan fingerprint density at radius 1 is 1.04 bits per heavy atom. The van der Waals surface area contributed by atoms with Crippen molar-refractivity contribution in [2.24, 2.45) is 21.5 Å². The Morgan fingerprint density at radius 2 is 1.76 bits per heavy atom. The fourth-order valence-electron chi connectivity index (χ4n) is 2.19. The maximum absolute atomic E-state index is 5.99. The van der Waals surface area contributed by atoms with Crippen molar-refractivity contribution >= 4 is 40.8 Å². The molecule has 130 valence electrons. The highest BCUT2D eigenvalue weighted by atomic mass is 35.5. The molecule has 0 aliphatic carbocycles. The van der Waals surface area contributed by atoms with Gasteiger partial charge in [0.15, 0.2) is 17.5 Å². The van der Waals surface area contributed by atoms with Crippen LogP contribution in [-0.4, -0.2) is 18.7 Å². The van der Waals surface area contributed by atoms with Crippen LogP contribution in [0, 0.1) is 0 Å². The van der Waals surface area contributed by atoms with Gasteiger partial charge in [0.1, 0.15) is 0 Å². The maximum Gasteiger partial charge on any atom is 0.231 e. The summed E-state index contributed by atoms with van der Waals surface area (Å²) < 4.78 is 10.6. The van der Waals surface area contributed by atoms with Crippen molar-refractivity contribution in [3.05, 3.63) is 52.0 Å². The second-order valence-electron chi connectivity index (χ2n) is 5.15. The van der Waals surface area contributed by atoms with E-state index in [9.17, 15) is 0 Å². The number of hydrogen-bond acceptors (Lipinski definition) is 3. The number of benzene rings is 2. The smallest absolute Gasteiger partial charge is 0.231 e. The van der Waals surface area contributed by atoms with E-state index in [1.54, 1.807) is 18.2 Å². The van der Waals surface area contributed by atoms with Crippen LogP contribution >= 0.6 is 23.2 Å². The first kappa shape index (κ1) is 17.2. The summed E-state index contributed by atoms with van der Waals surface area (Å²) in [5.41, 5.74) is 12.5. The van der Waals surface area contributed by atoms with E-state index >= 15 is 0 Å². The third kappa shape index (κ3) is 4.68. The van der Waals surface area contributed by atoms with Gasteiger partial charge in [-0.1, -0.05) is 29.3 Å². The summed E-state index contributed by atoms with van der Waals surface area (Å²) in [5, 5.41) is 3.95. The molecule has 2 aromatic carbocycles. The molecule has 1 heterocycles. The van der Waals surface area contributed by atoms with Gasteiger partial charge in [-0.2, -0.15) is 4.99 Å². The van der Waals surface area contributed by atoms with Crippen LogP contribution in [0.25, 0.3) is 0 Å². The zero-order valence-electron chi connectivity index (χ0n) is 13.0. The standard InChI is InChI=1S/C16H15Cl2N5O2/c17-10-4-11(18)6-12(5-10)22-16(23-15(19)20)21-7-9-1-2-13-14(3-9)25-8-24-13/h1-6H,7-8H2,(H5,19,20,21,22,23). The molecule has 0 spiro atoms. The first-order chi connectivity index (χ1) is 12.0. The molecule has 0 radical (unpaired) electrons. The Morgan fingerprint density at radius 3 is 2.48 bits per heavy atom. The van der Waals surface area contributed by atoms with Crippen LogP contribution < -0.4 is 26.3 Å². The Bertz CT molecular complexity index is 830. The predicted molar refractivity (Wildman–Crippen MR) is 99.6 cm³/mol. The van der Waals surface area contributed by atoms with Crippen LogP contribution in [0.1, 0.15) is 5.56 Å². The van der Waals surface area contributed by atoms with E-state index in [1.165, 1.54) is 0 Å². The third-order valence-electron chi connectivity index (χ3n) is 3.20. The number of hydrogen-bond donors (Lipinski definition) is 3. The lowest BCUT2D eigenvalue weighted by atomic mass is 10.2. The molecule has 0 saturated heterocycles. The van der Waals surface area contributed by atoms with Crippen molar-refractivity contribution in [1.82, 2.24) is 0 Å². The molecule has 1 aliphatic rings. The third-order valence-corrected chi connectivity index (χ3v) is 3.64. The van der Waals surface area contributed by atoms with Crippen LogP contribution in [0.5, 0.6) is 11.5 Å². The monoisotopic (exact) mass is 379 g/mol. The number of ether oxygens (including phenoxy) is 2. The molecule has 0 unspecified atom stereocenters. The molecule has 5 N–H and O–H groups in total. The number of nitrogens with zero attached hydrogens (tertiary/aromatic N) is 2. The highest BCUT2D eigenvalue weighted by Gasteiger charge is 2.13. The summed E-state index contributed by atoms with van der Waals surface area (Å²) in [6.07, 6.45) is 0. The van der Waals surface area contributed by atoms with E-state index in [-0.39, 0.29) is 18.7 Å². The van der Waals surface area contributed by atoms with Crippen molar-refractivity contribution in [3.63, 3.8) is 0 Å². The quantitative estimate of drug-likeness (QED) is 0.561. The van der Waals surface area contributed by atoms with Gasteiger partial charge >= 0.3 is 0 Å². The Hall–Kier alpha value is -2.64. The molecular formula is C16H15Cl2N5O2. The van der Waals surface area contributed by atoms with E-state index in [4.69, 9.17) is 44.1 Å². The average Bonchev–Trinajstić information content (AvgIpc) is 2.98. The molecule has 3 rings (SSSR count). The molecule has 0 saturated carbocycles. The van der Waals surface area contributed by atoms with Gasteiger partial charge in [0.2, 0.25) is 12.8 Å². The van der Waals surface area contributed by atoms with Crippen molar-refractivity contribution in [1.29, 1.82) is 0 Å². The minimum atomic E-state index is -0.120. The summed E-state index contributed by atoms with van der Waals surface area (Å²) in [7, 11) is 0. The zero-order valence-corrected chi connectivity index (χ0v) is 14.5. The molecule has 0 atom stereocenters. The highest BCUT2D eigenvalue weighted by Crippen LogP contribution is 2.32. The molecular weight excluding hydrogens is 365 g/mol. The van der Waals surface area contributed by atoms with Crippen molar-refractivity contribution in [3.8, 4) is 11.5 Å². The first-order valence-electron chi connectivity index (χ1n) is 7.25. The molecule has 1 aliphatic heterocycles. The topological polar surface area (TPSA) is 107 Å². The van der Waals surface area contributed by atoms with Crippen LogP contribution in [-0.2, 0) is 6.54 Å². The number of anilines is 1. The summed E-state index contributed by atoms with van der Waals surface area (Å²) in [6, 6.07) is 10.6. The first-order valence-corrected chi connectivity index (χ1v) is 8.01. The Labute approximate surface area is 154 Å². The van der Waals surface area contributed by atoms with Gasteiger partial charge in [0, 0.05) is 15.7 Å². The summed E-state index contributed by atoms with van der Waals surface area (Å²) in [6.45, 7) is 0.558. The SMILES string of the molecule is NC(N)=NC(=NCc1ccc2c(c1)OCO2)Nc1cc(Cl)cc(Cl)c1. The lowest BCUT2D eigenvalue weighted by Crippen LogP contribution is -2.26. The minimum absolute atomic E-state index is 0.120. The second-order valence-corrected chi connectivity index (χ2v) is 6.02. The lowest BCUT2D eigenvalue weighted by Gasteiger charge is -2.08. The Kier molecular flexibility index (Phi) is 5.16. The van der Waals surface area contributed by atoms with Crippen LogP contribution in [0.4, 0.5) is 5.69 Å². The van der Waals surface area contributed by atoms with Gasteiger partial charge in [0.05, 0.1) is 6.54 Å². The molecule has 0 bridgehead atoms. The second kappa shape index (κ2) is 7.50. The van der Waals surface area contributed by atoms with Crippen molar-refractivity contribution in [2.45, 2.75) is 6.54 Å². The maximum atomic E-state index is 5.99. The fraction of sp³-hybridized carbons (Fsp3) is 0.125. The number of fused-ring (bicyclic) bond motifs is 1. The Balaban J connectivity index is 1.80. The van der Waals surface area contributed by atoms with Crippen LogP contribution in [0.2, 0.25) is 10.0 Å². The van der Waals surface area contributed by atoms with Gasteiger partial charge in [0.25, 0.3) is 0 Å². The van der Waals surface area contributed by atoms with Crippen LogP contribution in [0.3, 0.4) is 0 Å². The average molecular weight is 380 g/mol. The summed E-state index contributed by atoms with van der Waals surface area (Å²) in [5.74, 6) is 1.51. The predicted octanol–water partition coefficient (Wildman–Crippen LogP) is 2.96. The lowest BCUT2D eigenvalue weighted by molar-refractivity contribution is 0.174. The molecule has 0 amide bonds. The van der Waals surface area contributed by atoms with E-state index < -0.39 is 0 Å². The zero-order chi connectivity index (χ0) is 17.8. The number of halogens is 2. The van der Waals surface area contributed by atoms with E-state index in [0.717, 1.165) is 5.56 Å². The number of nitrogens with two attached hydrogens (primary N) is 2.